The van der Waals surface area contributed by atoms with Gasteiger partial charge in [-0.3, -0.25) is 14.9 Å². The zero-order valence-corrected chi connectivity index (χ0v) is 13.2. The lowest BCUT2D eigenvalue weighted by Gasteiger charge is -2.10. The average Bonchev–Trinajstić information content (AvgIpc) is 2.55. The lowest BCUT2D eigenvalue weighted by Crippen LogP contribution is -2.18. The van der Waals surface area contributed by atoms with Crippen molar-refractivity contribution < 1.29 is 27.6 Å². The number of benzene rings is 2. The number of halogens is 3. The smallest absolute Gasteiger partial charge is 0.406 e. The molecule has 0 aliphatic heterocycles. The second kappa shape index (κ2) is 8.19. The number of nitrogens with zero attached hydrogens (tertiary/aromatic N) is 1. The Labute approximate surface area is 145 Å². The van der Waals surface area contributed by atoms with Crippen LogP contribution in [0.5, 0.6) is 5.75 Å². The zero-order chi connectivity index (χ0) is 19.2. The maximum Gasteiger partial charge on any atom is 0.573 e. The van der Waals surface area contributed by atoms with E-state index in [0.29, 0.717) is 11.4 Å². The van der Waals surface area contributed by atoms with Gasteiger partial charge < -0.3 is 15.4 Å². The number of hydrogen-bond donors (Lipinski definition) is 2. The highest BCUT2D eigenvalue weighted by molar-refractivity contribution is 5.91. The molecule has 0 aliphatic rings. The van der Waals surface area contributed by atoms with Gasteiger partial charge in [0, 0.05) is 24.7 Å². The van der Waals surface area contributed by atoms with Crippen molar-refractivity contribution in [2.45, 2.75) is 12.8 Å². The number of alkyl halides is 3. The molecule has 0 saturated heterocycles. The van der Waals surface area contributed by atoms with Crippen molar-refractivity contribution in [2.75, 3.05) is 17.2 Å². The molecule has 0 heterocycles. The number of amides is 1. The minimum atomic E-state index is -4.78. The summed E-state index contributed by atoms with van der Waals surface area (Å²) in [6.45, 7) is 0.145. The molecule has 2 N–H and O–H groups in total. The number of para-hydroxylation sites is 2. The lowest BCUT2D eigenvalue weighted by atomic mass is 10.2. The first kappa shape index (κ1) is 19.0. The SMILES string of the molecule is O=C(CCNc1ccccc1[N+](=O)[O-])Nc1ccc(OC(F)(F)F)cc1. The van der Waals surface area contributed by atoms with Gasteiger partial charge in [0.15, 0.2) is 0 Å². The Morgan fingerprint density at radius 1 is 1.12 bits per heavy atom. The monoisotopic (exact) mass is 369 g/mol. The van der Waals surface area contributed by atoms with Gasteiger partial charge in [-0.2, -0.15) is 0 Å². The van der Waals surface area contributed by atoms with Crippen LogP contribution in [0.25, 0.3) is 0 Å². The van der Waals surface area contributed by atoms with Crippen molar-refractivity contribution in [3.05, 3.63) is 58.6 Å². The van der Waals surface area contributed by atoms with Crippen LogP contribution in [0.1, 0.15) is 6.42 Å². The molecule has 0 aromatic heterocycles. The molecule has 0 aliphatic carbocycles. The summed E-state index contributed by atoms with van der Waals surface area (Å²) in [6.07, 6.45) is -4.77. The van der Waals surface area contributed by atoms with Crippen molar-refractivity contribution in [1.82, 2.24) is 0 Å². The highest BCUT2D eigenvalue weighted by Gasteiger charge is 2.30. The predicted molar refractivity (Wildman–Crippen MR) is 88.0 cm³/mol. The Bertz CT molecular complexity index is 779. The third-order valence-corrected chi connectivity index (χ3v) is 3.14. The number of nitrogens with one attached hydrogen (secondary N) is 2. The average molecular weight is 369 g/mol. The number of hydrogen-bond acceptors (Lipinski definition) is 5. The summed E-state index contributed by atoms with van der Waals surface area (Å²) in [5.41, 5.74) is 0.488. The maximum absolute atomic E-state index is 12.1. The van der Waals surface area contributed by atoms with Gasteiger partial charge in [-0.05, 0) is 30.3 Å². The van der Waals surface area contributed by atoms with E-state index < -0.39 is 22.9 Å². The van der Waals surface area contributed by atoms with Gasteiger partial charge >= 0.3 is 6.36 Å². The fourth-order valence-corrected chi connectivity index (χ4v) is 2.06. The standard InChI is InChI=1S/C16H14F3N3O4/c17-16(18,19)26-12-7-5-11(6-8-12)21-15(23)9-10-20-13-3-1-2-4-14(13)22(24)25/h1-8,20H,9-10H2,(H,21,23). The largest absolute Gasteiger partial charge is 0.573 e. The van der Waals surface area contributed by atoms with Crippen molar-refractivity contribution in [1.29, 1.82) is 0 Å². The number of anilines is 2. The van der Waals surface area contributed by atoms with Gasteiger partial charge in [0.25, 0.3) is 5.69 Å². The molecule has 1 amide bonds. The van der Waals surface area contributed by atoms with E-state index in [1.165, 1.54) is 30.3 Å². The third kappa shape index (κ3) is 5.96. The van der Waals surface area contributed by atoms with E-state index in [0.717, 1.165) is 12.1 Å². The highest BCUT2D eigenvalue weighted by Crippen LogP contribution is 2.24. The highest BCUT2D eigenvalue weighted by atomic mass is 19.4. The number of nitro benzene ring substituents is 1. The Balaban J connectivity index is 1.83. The molecule has 0 spiro atoms. The van der Waals surface area contributed by atoms with Crippen LogP contribution >= 0.6 is 0 Å². The Morgan fingerprint density at radius 3 is 2.38 bits per heavy atom. The summed E-state index contributed by atoms with van der Waals surface area (Å²) in [4.78, 5) is 22.2. The number of rotatable bonds is 7. The van der Waals surface area contributed by atoms with Crippen LogP contribution in [0.15, 0.2) is 48.5 Å². The Hall–Kier alpha value is -3.30. The second-order valence-electron chi connectivity index (χ2n) is 5.07. The van der Waals surface area contributed by atoms with Crippen LogP contribution < -0.4 is 15.4 Å². The van der Waals surface area contributed by atoms with E-state index in [2.05, 4.69) is 15.4 Å². The molecule has 10 heteroatoms. The first-order valence-electron chi connectivity index (χ1n) is 7.37. The topological polar surface area (TPSA) is 93.5 Å². The Kier molecular flexibility index (Phi) is 5.99. The summed E-state index contributed by atoms with van der Waals surface area (Å²) in [7, 11) is 0. The van der Waals surface area contributed by atoms with Crippen LogP contribution in [-0.4, -0.2) is 23.7 Å². The minimum absolute atomic E-state index is 0.00680. The first-order chi connectivity index (χ1) is 12.2. The van der Waals surface area contributed by atoms with Crippen molar-refractivity contribution in [2.24, 2.45) is 0 Å². The van der Waals surface area contributed by atoms with E-state index in [1.54, 1.807) is 6.07 Å². The molecular weight excluding hydrogens is 355 g/mol. The van der Waals surface area contributed by atoms with Gasteiger partial charge in [0.1, 0.15) is 11.4 Å². The minimum Gasteiger partial charge on any atom is -0.406 e. The van der Waals surface area contributed by atoms with Crippen LogP contribution in [0.4, 0.5) is 30.2 Å². The predicted octanol–water partition coefficient (Wildman–Crippen LogP) is 3.93. The summed E-state index contributed by atoms with van der Waals surface area (Å²) in [5.74, 6) is -0.797. The fourth-order valence-electron chi connectivity index (χ4n) is 2.06. The maximum atomic E-state index is 12.1. The van der Waals surface area contributed by atoms with Gasteiger partial charge in [-0.15, -0.1) is 13.2 Å². The molecule has 0 saturated carbocycles. The van der Waals surface area contributed by atoms with E-state index >= 15 is 0 Å². The van der Waals surface area contributed by atoms with Gasteiger partial charge in [-0.25, -0.2) is 0 Å². The van der Waals surface area contributed by atoms with E-state index in [1.807, 2.05) is 0 Å². The van der Waals surface area contributed by atoms with Crippen molar-refractivity contribution >= 4 is 23.0 Å². The molecule has 2 rings (SSSR count). The fraction of sp³-hybridized carbons (Fsp3) is 0.188. The van der Waals surface area contributed by atoms with Crippen molar-refractivity contribution in [3.63, 3.8) is 0 Å². The van der Waals surface area contributed by atoms with Crippen molar-refractivity contribution in [3.8, 4) is 5.75 Å². The third-order valence-electron chi connectivity index (χ3n) is 3.14. The summed E-state index contributed by atoms with van der Waals surface area (Å²) in [6, 6.07) is 10.7. The number of carbonyl (C=O) groups excluding carboxylic acids is 1. The van der Waals surface area contributed by atoms with Gasteiger partial charge in [0.05, 0.1) is 4.92 Å². The lowest BCUT2D eigenvalue weighted by molar-refractivity contribution is -0.384. The van der Waals surface area contributed by atoms with Crippen LogP contribution in [0.3, 0.4) is 0 Å². The molecule has 7 nitrogen and oxygen atoms in total. The van der Waals surface area contributed by atoms with Crippen LogP contribution in [-0.2, 0) is 4.79 Å². The second-order valence-corrected chi connectivity index (χ2v) is 5.07. The number of ether oxygens (including phenoxy) is 1. The molecule has 0 radical (unpaired) electrons. The molecule has 0 fully saturated rings. The molecule has 138 valence electrons. The molecule has 2 aromatic rings. The molecule has 0 bridgehead atoms. The van der Waals surface area contributed by atoms with E-state index in [9.17, 15) is 28.1 Å². The summed E-state index contributed by atoms with van der Waals surface area (Å²) in [5, 5.41) is 16.2. The molecule has 0 atom stereocenters. The number of nitro groups is 1. The summed E-state index contributed by atoms with van der Waals surface area (Å²) < 4.78 is 39.9. The molecule has 2 aromatic carbocycles. The summed E-state index contributed by atoms with van der Waals surface area (Å²) >= 11 is 0. The first-order valence-corrected chi connectivity index (χ1v) is 7.37. The molecule has 26 heavy (non-hydrogen) atoms. The normalized spacial score (nSPS) is 10.9. The quantitative estimate of drug-likeness (QED) is 0.570. The van der Waals surface area contributed by atoms with Crippen LogP contribution in [0.2, 0.25) is 0 Å². The van der Waals surface area contributed by atoms with Gasteiger partial charge in [0.2, 0.25) is 5.91 Å². The molecular formula is C16H14F3N3O4. The number of carbonyl (C=O) groups is 1. The van der Waals surface area contributed by atoms with E-state index in [4.69, 9.17) is 0 Å². The zero-order valence-electron chi connectivity index (χ0n) is 13.2. The van der Waals surface area contributed by atoms with Gasteiger partial charge in [-0.1, -0.05) is 12.1 Å². The Morgan fingerprint density at radius 2 is 1.77 bits per heavy atom. The molecule has 0 unspecified atom stereocenters. The van der Waals surface area contributed by atoms with Crippen LogP contribution in [0, 0.1) is 10.1 Å². The van der Waals surface area contributed by atoms with E-state index in [-0.39, 0.29) is 18.7 Å².